The molecular formula is C14H8BrClN2O2S2. The molecule has 1 aliphatic rings. The molecule has 0 saturated carbocycles. The van der Waals surface area contributed by atoms with Crippen LogP contribution in [-0.2, 0) is 4.79 Å². The number of furan rings is 1. The van der Waals surface area contributed by atoms with E-state index >= 15 is 0 Å². The molecule has 1 saturated heterocycles. The summed E-state index contributed by atoms with van der Waals surface area (Å²) >= 11 is 11.8. The van der Waals surface area contributed by atoms with Gasteiger partial charge in [-0.15, -0.1) is 0 Å². The molecule has 4 nitrogen and oxygen atoms in total. The molecule has 2 N–H and O–H groups in total. The van der Waals surface area contributed by atoms with Crippen molar-refractivity contribution < 1.29 is 9.21 Å². The van der Waals surface area contributed by atoms with Crippen molar-refractivity contribution >= 4 is 68.2 Å². The number of benzene rings is 1. The van der Waals surface area contributed by atoms with Gasteiger partial charge < -0.3 is 9.73 Å². The summed E-state index contributed by atoms with van der Waals surface area (Å²) in [6.07, 6.45) is 1.62. The molecule has 22 heavy (non-hydrogen) atoms. The van der Waals surface area contributed by atoms with Gasteiger partial charge in [-0.05, 0) is 58.0 Å². The minimum Gasteiger partial charge on any atom is -0.449 e. The summed E-state index contributed by atoms with van der Waals surface area (Å²) in [4.78, 5) is 13.0. The van der Waals surface area contributed by atoms with Crippen LogP contribution in [0.5, 0.6) is 0 Å². The minimum absolute atomic E-state index is 0.123. The Kier molecular flexibility index (Phi) is 4.67. The molecule has 1 aliphatic heterocycles. The van der Waals surface area contributed by atoms with E-state index < -0.39 is 0 Å². The first-order chi connectivity index (χ1) is 10.5. The smallest absolute Gasteiger partial charge is 0.264 e. The third-order valence-electron chi connectivity index (χ3n) is 2.63. The normalized spacial score (nSPS) is 16.4. The SMILES string of the molecule is N=C1NC(=O)C(=Cc2cc(Br)c(Sc3ccc(Cl)cc3)o2)S1. The lowest BCUT2D eigenvalue weighted by Gasteiger charge is -1.98. The number of halogens is 2. The summed E-state index contributed by atoms with van der Waals surface area (Å²) in [6.45, 7) is 0. The number of thioether (sulfide) groups is 1. The van der Waals surface area contributed by atoms with Crippen LogP contribution in [0.15, 0.2) is 54.1 Å². The summed E-state index contributed by atoms with van der Waals surface area (Å²) in [5.74, 6) is 0.269. The Balaban J connectivity index is 1.82. The monoisotopic (exact) mass is 414 g/mol. The molecule has 2 heterocycles. The standard InChI is InChI=1S/C14H8BrClN2O2S2/c15-10-5-8(6-11-12(19)18-14(17)22-11)20-13(10)21-9-3-1-7(16)2-4-9/h1-6H,(H2,17,18,19). The fourth-order valence-corrected chi connectivity index (χ4v) is 3.83. The van der Waals surface area contributed by atoms with Crippen molar-refractivity contribution in [2.75, 3.05) is 0 Å². The molecule has 0 atom stereocenters. The predicted octanol–water partition coefficient (Wildman–Crippen LogP) is 4.99. The van der Waals surface area contributed by atoms with E-state index in [9.17, 15) is 4.79 Å². The molecule has 3 rings (SSSR count). The highest BCUT2D eigenvalue weighted by atomic mass is 79.9. The van der Waals surface area contributed by atoms with Gasteiger partial charge in [0.25, 0.3) is 5.91 Å². The second-order valence-corrected chi connectivity index (χ2v) is 7.62. The third kappa shape index (κ3) is 3.60. The van der Waals surface area contributed by atoms with Crippen molar-refractivity contribution in [3.8, 4) is 0 Å². The quantitative estimate of drug-likeness (QED) is 0.693. The van der Waals surface area contributed by atoms with Crippen LogP contribution in [0.2, 0.25) is 5.02 Å². The van der Waals surface area contributed by atoms with E-state index in [-0.39, 0.29) is 11.1 Å². The number of hydrogen-bond donors (Lipinski definition) is 2. The number of nitrogens with one attached hydrogen (secondary N) is 2. The zero-order valence-corrected chi connectivity index (χ0v) is 14.8. The van der Waals surface area contributed by atoms with E-state index in [2.05, 4.69) is 21.2 Å². The highest BCUT2D eigenvalue weighted by Crippen LogP contribution is 2.37. The van der Waals surface area contributed by atoms with E-state index in [4.69, 9.17) is 21.4 Å². The van der Waals surface area contributed by atoms with E-state index in [1.165, 1.54) is 11.8 Å². The van der Waals surface area contributed by atoms with Crippen molar-refractivity contribution in [2.24, 2.45) is 0 Å². The maximum Gasteiger partial charge on any atom is 0.264 e. The first-order valence-corrected chi connectivity index (χ1v) is 8.84. The van der Waals surface area contributed by atoms with Crippen LogP contribution < -0.4 is 5.32 Å². The molecule has 2 aromatic rings. The maximum atomic E-state index is 11.6. The number of carbonyl (C=O) groups excluding carboxylic acids is 1. The second kappa shape index (κ2) is 6.54. The molecule has 0 bridgehead atoms. The third-order valence-corrected chi connectivity index (χ3v) is 5.56. The Labute approximate surface area is 148 Å². The fraction of sp³-hybridized carbons (Fsp3) is 0. The van der Waals surface area contributed by atoms with Gasteiger partial charge in [-0.3, -0.25) is 10.2 Å². The van der Waals surface area contributed by atoms with Gasteiger partial charge >= 0.3 is 0 Å². The van der Waals surface area contributed by atoms with Crippen LogP contribution in [-0.4, -0.2) is 11.1 Å². The van der Waals surface area contributed by atoms with Crippen molar-refractivity contribution in [3.63, 3.8) is 0 Å². The van der Waals surface area contributed by atoms with E-state index in [0.29, 0.717) is 20.8 Å². The Morgan fingerprint density at radius 1 is 1.36 bits per heavy atom. The van der Waals surface area contributed by atoms with Crippen LogP contribution in [0.4, 0.5) is 0 Å². The topological polar surface area (TPSA) is 66.1 Å². The molecule has 0 unspecified atom stereocenters. The van der Waals surface area contributed by atoms with Crippen LogP contribution in [0.1, 0.15) is 5.76 Å². The van der Waals surface area contributed by atoms with Crippen molar-refractivity contribution in [2.45, 2.75) is 9.99 Å². The summed E-state index contributed by atoms with van der Waals surface area (Å²) in [5.41, 5.74) is 0. The van der Waals surface area contributed by atoms with Gasteiger partial charge in [-0.25, -0.2) is 0 Å². The largest absolute Gasteiger partial charge is 0.449 e. The molecule has 112 valence electrons. The van der Waals surface area contributed by atoms with Crippen LogP contribution >= 0.6 is 51.1 Å². The van der Waals surface area contributed by atoms with Crippen LogP contribution in [0, 0.1) is 5.41 Å². The molecule has 1 fully saturated rings. The Morgan fingerprint density at radius 2 is 2.09 bits per heavy atom. The van der Waals surface area contributed by atoms with Crippen molar-refractivity contribution in [1.29, 1.82) is 5.41 Å². The van der Waals surface area contributed by atoms with E-state index in [0.717, 1.165) is 21.1 Å². The number of hydrogen-bond acceptors (Lipinski definition) is 5. The highest BCUT2D eigenvalue weighted by Gasteiger charge is 2.23. The highest BCUT2D eigenvalue weighted by molar-refractivity contribution is 9.10. The predicted molar refractivity (Wildman–Crippen MR) is 93.4 cm³/mol. The van der Waals surface area contributed by atoms with Gasteiger partial charge in [0.2, 0.25) is 0 Å². The van der Waals surface area contributed by atoms with Crippen LogP contribution in [0.3, 0.4) is 0 Å². The molecule has 0 aliphatic carbocycles. The second-order valence-electron chi connectivity index (χ2n) is 4.23. The van der Waals surface area contributed by atoms with Gasteiger partial charge in [0.15, 0.2) is 10.3 Å². The van der Waals surface area contributed by atoms with Crippen LogP contribution in [0.25, 0.3) is 6.08 Å². The van der Waals surface area contributed by atoms with Gasteiger partial charge in [0.1, 0.15) is 5.76 Å². The minimum atomic E-state index is -0.283. The lowest BCUT2D eigenvalue weighted by atomic mass is 10.4. The van der Waals surface area contributed by atoms with Crippen molar-refractivity contribution in [3.05, 3.63) is 50.5 Å². The van der Waals surface area contributed by atoms with Gasteiger partial charge in [0.05, 0.1) is 9.38 Å². The maximum absolute atomic E-state index is 11.6. The molecule has 8 heteroatoms. The lowest BCUT2D eigenvalue weighted by Crippen LogP contribution is -2.18. The van der Waals surface area contributed by atoms with Crippen molar-refractivity contribution in [1.82, 2.24) is 5.32 Å². The number of amides is 1. The summed E-state index contributed by atoms with van der Waals surface area (Å²) < 4.78 is 6.54. The Morgan fingerprint density at radius 3 is 2.73 bits per heavy atom. The fourth-order valence-electron chi connectivity index (χ4n) is 1.69. The Bertz CT molecular complexity index is 787. The average molecular weight is 416 g/mol. The lowest BCUT2D eigenvalue weighted by molar-refractivity contribution is -0.115. The summed E-state index contributed by atoms with van der Waals surface area (Å²) in [7, 11) is 0. The molecule has 1 aromatic heterocycles. The number of carbonyl (C=O) groups is 1. The zero-order chi connectivity index (χ0) is 15.7. The first kappa shape index (κ1) is 15.7. The molecule has 1 aromatic carbocycles. The van der Waals surface area contributed by atoms with Gasteiger partial charge in [-0.2, -0.15) is 0 Å². The first-order valence-electron chi connectivity index (χ1n) is 6.03. The molecule has 1 amide bonds. The molecule has 0 spiro atoms. The zero-order valence-electron chi connectivity index (χ0n) is 10.9. The summed E-state index contributed by atoms with van der Waals surface area (Å²) in [6, 6.07) is 9.23. The Hall–Kier alpha value is -1.15. The van der Waals surface area contributed by atoms with E-state index in [1.54, 1.807) is 12.1 Å². The molecular weight excluding hydrogens is 408 g/mol. The number of amidine groups is 1. The van der Waals surface area contributed by atoms with Gasteiger partial charge in [-0.1, -0.05) is 23.4 Å². The molecule has 0 radical (unpaired) electrons. The average Bonchev–Trinajstić information content (AvgIpc) is 2.96. The number of rotatable bonds is 3. The van der Waals surface area contributed by atoms with Gasteiger partial charge in [0, 0.05) is 16.0 Å². The van der Waals surface area contributed by atoms with E-state index in [1.807, 2.05) is 24.3 Å². The summed E-state index contributed by atoms with van der Waals surface area (Å²) in [5, 5.41) is 11.3.